The Hall–Kier alpha value is -1.74. The Morgan fingerprint density at radius 3 is 2.53 bits per heavy atom. The fourth-order valence-corrected chi connectivity index (χ4v) is 2.22. The maximum atomic E-state index is 12.0. The highest BCUT2D eigenvalue weighted by molar-refractivity contribution is 7.80. The smallest absolute Gasteiger partial charge is 0.251 e. The van der Waals surface area contributed by atoms with Crippen molar-refractivity contribution in [2.24, 2.45) is 0 Å². The highest BCUT2D eigenvalue weighted by atomic mass is 32.1. The lowest BCUT2D eigenvalue weighted by Crippen LogP contribution is -2.23. The molecule has 1 N–H and O–H groups in total. The predicted molar refractivity (Wildman–Crippen MR) is 80.7 cm³/mol. The zero-order valence-electron chi connectivity index (χ0n) is 10.9. The molecule has 2 aromatic carbocycles. The second-order valence-electron chi connectivity index (χ2n) is 4.36. The van der Waals surface area contributed by atoms with Gasteiger partial charge in [0.15, 0.2) is 0 Å². The van der Waals surface area contributed by atoms with E-state index in [0.717, 1.165) is 11.3 Å². The molecular formula is C16H17NOS. The monoisotopic (exact) mass is 271 g/mol. The summed E-state index contributed by atoms with van der Waals surface area (Å²) in [5.74, 6) is -0.0678. The Balaban J connectivity index is 2.04. The van der Waals surface area contributed by atoms with E-state index in [1.165, 1.54) is 11.1 Å². The largest absolute Gasteiger partial charge is 0.348 e. The van der Waals surface area contributed by atoms with E-state index < -0.39 is 0 Å². The molecule has 0 spiro atoms. The molecular weight excluding hydrogens is 254 g/mol. The van der Waals surface area contributed by atoms with Crippen molar-refractivity contribution < 1.29 is 4.79 Å². The van der Waals surface area contributed by atoms with Crippen LogP contribution >= 0.6 is 12.6 Å². The zero-order valence-corrected chi connectivity index (χ0v) is 11.8. The Bertz CT molecular complexity index is 580. The van der Waals surface area contributed by atoms with E-state index in [-0.39, 0.29) is 5.91 Å². The van der Waals surface area contributed by atoms with Gasteiger partial charge in [0, 0.05) is 17.0 Å². The van der Waals surface area contributed by atoms with Crippen molar-refractivity contribution in [1.29, 1.82) is 0 Å². The minimum absolute atomic E-state index is 0.0678. The van der Waals surface area contributed by atoms with Gasteiger partial charge in [-0.05, 0) is 35.7 Å². The van der Waals surface area contributed by atoms with Crippen molar-refractivity contribution >= 4 is 18.5 Å². The van der Waals surface area contributed by atoms with Gasteiger partial charge in [0.1, 0.15) is 0 Å². The van der Waals surface area contributed by atoms with Crippen LogP contribution in [0.3, 0.4) is 0 Å². The van der Waals surface area contributed by atoms with Gasteiger partial charge in [0.05, 0.1) is 0 Å². The first-order valence-corrected chi connectivity index (χ1v) is 6.79. The first-order chi connectivity index (χ1) is 9.20. The van der Waals surface area contributed by atoms with Gasteiger partial charge in [-0.1, -0.05) is 37.3 Å². The second-order valence-corrected chi connectivity index (χ2v) is 4.87. The van der Waals surface area contributed by atoms with Crippen LogP contribution in [0.2, 0.25) is 0 Å². The molecule has 0 saturated heterocycles. The van der Waals surface area contributed by atoms with Crippen LogP contribution in [0.4, 0.5) is 0 Å². The minimum Gasteiger partial charge on any atom is -0.348 e. The fourth-order valence-electron chi connectivity index (χ4n) is 2.00. The van der Waals surface area contributed by atoms with Crippen molar-refractivity contribution in [3.8, 4) is 0 Å². The van der Waals surface area contributed by atoms with Gasteiger partial charge in [-0.2, -0.15) is 0 Å². The van der Waals surface area contributed by atoms with Crippen molar-refractivity contribution in [2.75, 3.05) is 0 Å². The van der Waals surface area contributed by atoms with Crippen LogP contribution < -0.4 is 5.32 Å². The Morgan fingerprint density at radius 1 is 1.11 bits per heavy atom. The maximum Gasteiger partial charge on any atom is 0.251 e. The van der Waals surface area contributed by atoms with Gasteiger partial charge in [0.2, 0.25) is 0 Å². The van der Waals surface area contributed by atoms with Crippen molar-refractivity contribution in [1.82, 2.24) is 5.32 Å². The number of nitrogens with one attached hydrogen (secondary N) is 1. The van der Waals surface area contributed by atoms with E-state index in [2.05, 4.69) is 30.9 Å². The Morgan fingerprint density at radius 2 is 1.84 bits per heavy atom. The van der Waals surface area contributed by atoms with Crippen molar-refractivity contribution in [3.63, 3.8) is 0 Å². The molecule has 0 fully saturated rings. The molecule has 0 atom stereocenters. The number of carbonyl (C=O) groups is 1. The summed E-state index contributed by atoms with van der Waals surface area (Å²) >= 11 is 4.24. The summed E-state index contributed by atoms with van der Waals surface area (Å²) in [6.07, 6.45) is 0.970. The average Bonchev–Trinajstić information content (AvgIpc) is 2.45. The highest BCUT2D eigenvalue weighted by Crippen LogP contribution is 2.11. The number of rotatable bonds is 4. The predicted octanol–water partition coefficient (Wildman–Crippen LogP) is 3.47. The molecule has 3 heteroatoms. The summed E-state index contributed by atoms with van der Waals surface area (Å²) < 4.78 is 0. The standard InChI is InChI=1S/C16H17NOS/c1-2-12-6-3-4-7-14(12)11-17-16(18)13-8-5-9-15(19)10-13/h3-10,19H,2,11H2,1H3,(H,17,18). The summed E-state index contributed by atoms with van der Waals surface area (Å²) in [4.78, 5) is 12.8. The lowest BCUT2D eigenvalue weighted by molar-refractivity contribution is 0.0950. The van der Waals surface area contributed by atoms with E-state index in [9.17, 15) is 4.79 Å². The number of hydrogen-bond donors (Lipinski definition) is 2. The molecule has 19 heavy (non-hydrogen) atoms. The van der Waals surface area contributed by atoms with Crippen LogP contribution in [0.1, 0.15) is 28.4 Å². The summed E-state index contributed by atoms with van der Waals surface area (Å²) in [7, 11) is 0. The van der Waals surface area contributed by atoms with E-state index in [1.807, 2.05) is 30.3 Å². The minimum atomic E-state index is -0.0678. The molecule has 98 valence electrons. The normalized spacial score (nSPS) is 10.2. The Labute approximate surface area is 119 Å². The topological polar surface area (TPSA) is 29.1 Å². The second kappa shape index (κ2) is 6.43. The number of carbonyl (C=O) groups excluding carboxylic acids is 1. The quantitative estimate of drug-likeness (QED) is 0.819. The fraction of sp³-hybridized carbons (Fsp3) is 0.188. The molecule has 0 saturated carbocycles. The molecule has 2 rings (SSSR count). The molecule has 0 bridgehead atoms. The van der Waals surface area contributed by atoms with Crippen LogP contribution in [-0.4, -0.2) is 5.91 Å². The molecule has 0 aromatic heterocycles. The third kappa shape index (κ3) is 3.61. The highest BCUT2D eigenvalue weighted by Gasteiger charge is 2.06. The molecule has 0 aliphatic heterocycles. The van der Waals surface area contributed by atoms with Crippen LogP contribution in [-0.2, 0) is 13.0 Å². The lowest BCUT2D eigenvalue weighted by atomic mass is 10.1. The zero-order chi connectivity index (χ0) is 13.7. The average molecular weight is 271 g/mol. The molecule has 1 amide bonds. The van der Waals surface area contributed by atoms with Gasteiger partial charge in [0.25, 0.3) is 5.91 Å². The van der Waals surface area contributed by atoms with Gasteiger partial charge in [-0.3, -0.25) is 4.79 Å². The molecule has 2 nitrogen and oxygen atoms in total. The third-order valence-corrected chi connectivity index (χ3v) is 3.33. The lowest BCUT2D eigenvalue weighted by Gasteiger charge is -2.09. The SMILES string of the molecule is CCc1ccccc1CNC(=O)c1cccc(S)c1. The van der Waals surface area contributed by atoms with Gasteiger partial charge >= 0.3 is 0 Å². The first-order valence-electron chi connectivity index (χ1n) is 6.34. The van der Waals surface area contributed by atoms with Crippen LogP contribution in [0, 0.1) is 0 Å². The first kappa shape index (κ1) is 13.7. The van der Waals surface area contributed by atoms with Crippen LogP contribution in [0.5, 0.6) is 0 Å². The van der Waals surface area contributed by atoms with Gasteiger partial charge in [-0.15, -0.1) is 12.6 Å². The molecule has 0 radical (unpaired) electrons. The number of amides is 1. The number of thiol groups is 1. The van der Waals surface area contributed by atoms with Crippen molar-refractivity contribution in [3.05, 3.63) is 65.2 Å². The number of aryl methyl sites for hydroxylation is 1. The molecule has 0 unspecified atom stereocenters. The van der Waals surface area contributed by atoms with Crippen LogP contribution in [0.25, 0.3) is 0 Å². The van der Waals surface area contributed by atoms with E-state index in [4.69, 9.17) is 0 Å². The summed E-state index contributed by atoms with van der Waals surface area (Å²) in [5.41, 5.74) is 3.08. The Kier molecular flexibility index (Phi) is 4.63. The van der Waals surface area contributed by atoms with Crippen molar-refractivity contribution in [2.45, 2.75) is 24.8 Å². The van der Waals surface area contributed by atoms with Gasteiger partial charge < -0.3 is 5.32 Å². The van der Waals surface area contributed by atoms with Gasteiger partial charge in [-0.25, -0.2) is 0 Å². The number of benzene rings is 2. The summed E-state index contributed by atoms with van der Waals surface area (Å²) in [6.45, 7) is 2.67. The molecule has 0 heterocycles. The molecule has 2 aromatic rings. The molecule has 0 aliphatic rings. The third-order valence-electron chi connectivity index (χ3n) is 3.05. The summed E-state index contributed by atoms with van der Waals surface area (Å²) in [6, 6.07) is 15.4. The van der Waals surface area contributed by atoms with Crippen LogP contribution in [0.15, 0.2) is 53.4 Å². The van der Waals surface area contributed by atoms with E-state index in [0.29, 0.717) is 12.1 Å². The number of hydrogen-bond acceptors (Lipinski definition) is 2. The van der Waals surface area contributed by atoms with E-state index in [1.54, 1.807) is 12.1 Å². The van der Waals surface area contributed by atoms with E-state index >= 15 is 0 Å². The maximum absolute atomic E-state index is 12.0. The molecule has 0 aliphatic carbocycles. The summed E-state index contributed by atoms with van der Waals surface area (Å²) in [5, 5.41) is 2.94.